The van der Waals surface area contributed by atoms with Crippen molar-refractivity contribution in [2.45, 2.75) is 26.8 Å². The molecular formula is C11H17ClN2O2. The van der Waals surface area contributed by atoms with E-state index in [1.807, 2.05) is 13.8 Å². The van der Waals surface area contributed by atoms with E-state index >= 15 is 0 Å². The van der Waals surface area contributed by atoms with E-state index in [0.717, 1.165) is 6.42 Å². The number of nitrogens with zero attached hydrogens (tertiary/aromatic N) is 2. The highest BCUT2D eigenvalue weighted by molar-refractivity contribution is 6.33. The Morgan fingerprint density at radius 3 is 2.94 bits per heavy atom. The van der Waals surface area contributed by atoms with Gasteiger partial charge in [-0.15, -0.1) is 0 Å². The van der Waals surface area contributed by atoms with Gasteiger partial charge < -0.3 is 4.74 Å². The van der Waals surface area contributed by atoms with Crippen molar-refractivity contribution < 1.29 is 9.53 Å². The minimum absolute atomic E-state index is 0.0319. The highest BCUT2D eigenvalue weighted by Crippen LogP contribution is 2.20. The third kappa shape index (κ3) is 2.83. The second-order valence-corrected chi connectivity index (χ2v) is 4.14. The fourth-order valence-electron chi connectivity index (χ4n) is 1.37. The SMILES string of the molecule is CCC(C)C(=O)c1c(Cl)cnn1CCOC. The molecule has 0 aromatic carbocycles. The van der Waals surface area contributed by atoms with Crippen LogP contribution in [0.1, 0.15) is 30.8 Å². The van der Waals surface area contributed by atoms with Crippen molar-refractivity contribution in [2.75, 3.05) is 13.7 Å². The molecule has 0 aliphatic carbocycles. The Morgan fingerprint density at radius 1 is 1.69 bits per heavy atom. The van der Waals surface area contributed by atoms with Crippen molar-refractivity contribution in [2.24, 2.45) is 5.92 Å². The van der Waals surface area contributed by atoms with Gasteiger partial charge in [-0.1, -0.05) is 25.4 Å². The largest absolute Gasteiger partial charge is 0.383 e. The van der Waals surface area contributed by atoms with Gasteiger partial charge in [0.2, 0.25) is 0 Å². The molecule has 1 aromatic heterocycles. The third-order valence-corrected chi connectivity index (χ3v) is 2.87. The van der Waals surface area contributed by atoms with Crippen molar-refractivity contribution in [3.63, 3.8) is 0 Å². The summed E-state index contributed by atoms with van der Waals surface area (Å²) in [7, 11) is 1.61. The molecule has 1 atom stereocenters. The molecule has 0 saturated heterocycles. The Hall–Kier alpha value is -0.870. The molecule has 0 amide bonds. The number of carbonyl (C=O) groups excluding carboxylic acids is 1. The minimum atomic E-state index is -0.0319. The topological polar surface area (TPSA) is 44.1 Å². The van der Waals surface area contributed by atoms with Crippen LogP contribution in [0.2, 0.25) is 5.02 Å². The van der Waals surface area contributed by atoms with Crippen LogP contribution in [0, 0.1) is 5.92 Å². The van der Waals surface area contributed by atoms with Gasteiger partial charge in [0.05, 0.1) is 24.4 Å². The summed E-state index contributed by atoms with van der Waals surface area (Å²) in [4.78, 5) is 12.1. The summed E-state index contributed by atoms with van der Waals surface area (Å²) in [5, 5.41) is 4.49. The predicted molar refractivity (Wildman–Crippen MR) is 62.9 cm³/mol. The molecule has 0 spiro atoms. The number of ether oxygens (including phenoxy) is 1. The van der Waals surface area contributed by atoms with Crippen molar-refractivity contribution >= 4 is 17.4 Å². The molecule has 4 nitrogen and oxygen atoms in total. The summed E-state index contributed by atoms with van der Waals surface area (Å²) in [6.45, 7) is 4.93. The maximum absolute atomic E-state index is 12.1. The molecule has 90 valence electrons. The van der Waals surface area contributed by atoms with Gasteiger partial charge in [0.15, 0.2) is 5.78 Å². The van der Waals surface area contributed by atoms with E-state index in [0.29, 0.717) is 23.9 Å². The van der Waals surface area contributed by atoms with Gasteiger partial charge in [-0.05, 0) is 6.42 Å². The zero-order valence-electron chi connectivity index (χ0n) is 9.86. The number of ketones is 1. The van der Waals surface area contributed by atoms with Gasteiger partial charge in [-0.25, -0.2) is 0 Å². The molecule has 0 aliphatic heterocycles. The second-order valence-electron chi connectivity index (χ2n) is 3.73. The summed E-state index contributed by atoms with van der Waals surface area (Å²) >= 11 is 5.97. The van der Waals surface area contributed by atoms with Crippen LogP contribution in [0.4, 0.5) is 0 Å². The number of Topliss-reactive ketones (excluding diaryl/α,β-unsaturated/α-hetero) is 1. The standard InChI is InChI=1S/C11H17ClN2O2/c1-4-8(2)11(15)10-9(12)7-13-14(10)5-6-16-3/h7-8H,4-6H2,1-3H3. The van der Waals surface area contributed by atoms with E-state index in [4.69, 9.17) is 16.3 Å². The van der Waals surface area contributed by atoms with Crippen LogP contribution in [0.15, 0.2) is 6.20 Å². The minimum Gasteiger partial charge on any atom is -0.383 e. The molecule has 5 heteroatoms. The number of methoxy groups -OCH3 is 1. The molecule has 0 bridgehead atoms. The van der Waals surface area contributed by atoms with Gasteiger partial charge in [0, 0.05) is 13.0 Å². The normalized spacial score (nSPS) is 12.8. The van der Waals surface area contributed by atoms with Crippen molar-refractivity contribution in [3.8, 4) is 0 Å². The number of rotatable bonds is 6. The van der Waals surface area contributed by atoms with E-state index in [-0.39, 0.29) is 11.7 Å². The first-order chi connectivity index (χ1) is 7.61. The maximum atomic E-state index is 12.1. The zero-order valence-corrected chi connectivity index (χ0v) is 10.6. The summed E-state index contributed by atoms with van der Waals surface area (Å²) < 4.78 is 6.57. The van der Waals surface area contributed by atoms with Gasteiger partial charge in [0.1, 0.15) is 5.69 Å². The van der Waals surface area contributed by atoms with E-state index in [1.54, 1.807) is 11.8 Å². The summed E-state index contributed by atoms with van der Waals surface area (Å²) in [6, 6.07) is 0. The number of aromatic nitrogens is 2. The van der Waals surface area contributed by atoms with Crippen molar-refractivity contribution in [3.05, 3.63) is 16.9 Å². The Labute approximate surface area is 101 Å². The quantitative estimate of drug-likeness (QED) is 0.722. The lowest BCUT2D eigenvalue weighted by Crippen LogP contribution is -2.18. The van der Waals surface area contributed by atoms with E-state index < -0.39 is 0 Å². The molecule has 16 heavy (non-hydrogen) atoms. The molecule has 0 aliphatic rings. The average Bonchev–Trinajstić information content (AvgIpc) is 2.65. The molecule has 1 rings (SSSR count). The second kappa shape index (κ2) is 6.01. The highest BCUT2D eigenvalue weighted by Gasteiger charge is 2.21. The smallest absolute Gasteiger partial charge is 0.185 e. The summed E-state index contributed by atoms with van der Waals surface area (Å²) in [5.41, 5.74) is 0.494. The molecule has 0 fully saturated rings. The summed E-state index contributed by atoms with van der Waals surface area (Å²) in [5.74, 6) is 0.0107. The van der Waals surface area contributed by atoms with Gasteiger partial charge >= 0.3 is 0 Å². The lowest BCUT2D eigenvalue weighted by Gasteiger charge is -2.10. The Kier molecular flexibility index (Phi) is 4.96. The fraction of sp³-hybridized carbons (Fsp3) is 0.636. The molecule has 1 heterocycles. The maximum Gasteiger partial charge on any atom is 0.185 e. The Bertz CT molecular complexity index is 363. The van der Waals surface area contributed by atoms with Crippen LogP contribution in [-0.4, -0.2) is 29.3 Å². The molecule has 0 saturated carbocycles. The molecule has 0 radical (unpaired) electrons. The monoisotopic (exact) mass is 244 g/mol. The first-order valence-corrected chi connectivity index (χ1v) is 5.74. The van der Waals surface area contributed by atoms with Crippen LogP contribution >= 0.6 is 11.6 Å². The van der Waals surface area contributed by atoms with Crippen molar-refractivity contribution in [1.29, 1.82) is 0 Å². The molecule has 1 aromatic rings. The van der Waals surface area contributed by atoms with Crippen molar-refractivity contribution in [1.82, 2.24) is 9.78 Å². The van der Waals surface area contributed by atoms with Crippen LogP contribution in [0.5, 0.6) is 0 Å². The van der Waals surface area contributed by atoms with E-state index in [1.165, 1.54) is 6.20 Å². The first-order valence-electron chi connectivity index (χ1n) is 5.36. The van der Waals surface area contributed by atoms with Gasteiger partial charge in [0.25, 0.3) is 0 Å². The molecule has 1 unspecified atom stereocenters. The lowest BCUT2D eigenvalue weighted by molar-refractivity contribution is 0.0913. The fourth-order valence-corrected chi connectivity index (χ4v) is 1.61. The number of hydrogen-bond donors (Lipinski definition) is 0. The zero-order chi connectivity index (χ0) is 12.1. The predicted octanol–water partition coefficient (Wildman–Crippen LogP) is 2.41. The van der Waals surface area contributed by atoms with E-state index in [2.05, 4.69) is 5.10 Å². The van der Waals surface area contributed by atoms with Crippen LogP contribution in [-0.2, 0) is 11.3 Å². The highest BCUT2D eigenvalue weighted by atomic mass is 35.5. The Balaban J connectivity index is 2.92. The first kappa shape index (κ1) is 13.2. The molecular weight excluding hydrogens is 228 g/mol. The van der Waals surface area contributed by atoms with Gasteiger partial charge in [-0.2, -0.15) is 5.10 Å². The third-order valence-electron chi connectivity index (χ3n) is 2.60. The lowest BCUT2D eigenvalue weighted by atomic mass is 10.0. The van der Waals surface area contributed by atoms with Crippen LogP contribution in [0.3, 0.4) is 0 Å². The number of halogens is 1. The molecule has 0 N–H and O–H groups in total. The van der Waals surface area contributed by atoms with E-state index in [9.17, 15) is 4.79 Å². The van der Waals surface area contributed by atoms with Crippen LogP contribution in [0.25, 0.3) is 0 Å². The number of carbonyl (C=O) groups is 1. The number of hydrogen-bond acceptors (Lipinski definition) is 3. The van der Waals surface area contributed by atoms with Crippen LogP contribution < -0.4 is 0 Å². The Morgan fingerprint density at radius 2 is 2.38 bits per heavy atom. The van der Waals surface area contributed by atoms with Gasteiger partial charge in [-0.3, -0.25) is 9.48 Å². The average molecular weight is 245 g/mol. The summed E-state index contributed by atoms with van der Waals surface area (Å²) in [6.07, 6.45) is 2.30.